The Balaban J connectivity index is 2.43. The highest BCUT2D eigenvalue weighted by Gasteiger charge is 1.98. The molecule has 5 nitrogen and oxygen atoms in total. The van der Waals surface area contributed by atoms with Gasteiger partial charge in [0, 0.05) is 12.4 Å². The van der Waals surface area contributed by atoms with Crippen LogP contribution in [-0.4, -0.2) is 25.0 Å². The van der Waals surface area contributed by atoms with Crippen LogP contribution in [0.5, 0.6) is 0 Å². The lowest BCUT2D eigenvalue weighted by molar-refractivity contribution is 0.766. The van der Waals surface area contributed by atoms with Gasteiger partial charge in [0.05, 0.1) is 6.20 Å². The normalized spacial score (nSPS) is 10.1. The molecule has 0 fully saturated rings. The second kappa shape index (κ2) is 2.98. The fraction of sp³-hybridized carbons (Fsp3) is 0. The van der Waals surface area contributed by atoms with E-state index in [9.17, 15) is 0 Å². The van der Waals surface area contributed by atoms with E-state index in [0.717, 1.165) is 0 Å². The van der Waals surface area contributed by atoms with E-state index >= 15 is 0 Å². The molecule has 60 valence electrons. The molecule has 0 atom stereocenters. The van der Waals surface area contributed by atoms with Crippen molar-refractivity contribution < 1.29 is 0 Å². The van der Waals surface area contributed by atoms with Crippen LogP contribution in [0, 0.1) is 0 Å². The van der Waals surface area contributed by atoms with E-state index < -0.39 is 0 Å². The minimum absolute atomic E-state index is 0.461. The maximum absolute atomic E-state index is 4.00. The lowest BCUT2D eigenvalue weighted by Crippen LogP contribution is -2.02. The van der Waals surface area contributed by atoms with Gasteiger partial charge in [-0.15, -0.1) is 10.2 Å². The highest BCUT2D eigenvalue weighted by Crippen LogP contribution is 2.01. The second-order valence-corrected chi connectivity index (χ2v) is 2.84. The van der Waals surface area contributed by atoms with Crippen LogP contribution in [0.3, 0.4) is 0 Å². The summed E-state index contributed by atoms with van der Waals surface area (Å²) in [5, 5.41) is 11.5. The molecule has 2 heterocycles. The van der Waals surface area contributed by atoms with Gasteiger partial charge in [0.25, 0.3) is 5.95 Å². The van der Waals surface area contributed by atoms with Gasteiger partial charge in [-0.05, 0) is 22.0 Å². The van der Waals surface area contributed by atoms with Crippen molar-refractivity contribution in [1.29, 1.82) is 0 Å². The highest BCUT2D eigenvalue weighted by atomic mass is 79.9. The first-order chi connectivity index (χ1) is 5.86. The van der Waals surface area contributed by atoms with Crippen molar-refractivity contribution in [3.8, 4) is 5.95 Å². The second-order valence-electron chi connectivity index (χ2n) is 2.03. The van der Waals surface area contributed by atoms with Crippen molar-refractivity contribution in [1.82, 2.24) is 25.0 Å². The largest absolute Gasteiger partial charge is 0.270 e. The SMILES string of the molecule is Brc1cnc(-n2cccn2)nn1. The maximum atomic E-state index is 4.00. The Kier molecular flexibility index (Phi) is 1.83. The molecule has 0 radical (unpaired) electrons. The number of hydrogen-bond donors (Lipinski definition) is 0. The first-order valence-electron chi connectivity index (χ1n) is 3.21. The van der Waals surface area contributed by atoms with E-state index in [1.54, 1.807) is 29.3 Å². The Bertz CT molecular complexity index is 354. The van der Waals surface area contributed by atoms with Crippen molar-refractivity contribution >= 4 is 15.9 Å². The molecule has 0 aliphatic rings. The third kappa shape index (κ3) is 1.33. The van der Waals surface area contributed by atoms with Crippen molar-refractivity contribution in [2.45, 2.75) is 0 Å². The molecule has 0 saturated carbocycles. The average molecular weight is 226 g/mol. The predicted molar refractivity (Wildman–Crippen MR) is 44.6 cm³/mol. The summed E-state index contributed by atoms with van der Waals surface area (Å²) in [5.41, 5.74) is 0. The lowest BCUT2D eigenvalue weighted by atomic mass is 10.7. The number of hydrogen-bond acceptors (Lipinski definition) is 4. The third-order valence-electron chi connectivity index (χ3n) is 1.23. The van der Waals surface area contributed by atoms with E-state index in [-0.39, 0.29) is 0 Å². The molecule has 12 heavy (non-hydrogen) atoms. The lowest BCUT2D eigenvalue weighted by Gasteiger charge is -1.95. The van der Waals surface area contributed by atoms with Crippen LogP contribution in [0.15, 0.2) is 29.3 Å². The zero-order chi connectivity index (χ0) is 8.39. The Hall–Kier alpha value is -1.30. The van der Waals surface area contributed by atoms with E-state index in [1.165, 1.54) is 0 Å². The summed E-state index contributed by atoms with van der Waals surface area (Å²) < 4.78 is 2.15. The zero-order valence-electron chi connectivity index (χ0n) is 5.92. The number of rotatable bonds is 1. The summed E-state index contributed by atoms with van der Waals surface area (Å²) in [4.78, 5) is 4.00. The molecule has 2 aromatic rings. The van der Waals surface area contributed by atoms with Gasteiger partial charge in [0.2, 0.25) is 0 Å². The van der Waals surface area contributed by atoms with E-state index in [4.69, 9.17) is 0 Å². The Morgan fingerprint density at radius 1 is 1.33 bits per heavy atom. The Labute approximate surface area is 76.6 Å². The third-order valence-corrected chi connectivity index (χ3v) is 1.59. The summed E-state index contributed by atoms with van der Waals surface area (Å²) in [6.07, 6.45) is 4.99. The van der Waals surface area contributed by atoms with Crippen LogP contribution < -0.4 is 0 Å². The van der Waals surface area contributed by atoms with Crippen molar-refractivity contribution in [2.75, 3.05) is 0 Å². The fourth-order valence-corrected chi connectivity index (χ4v) is 0.929. The molecule has 0 amide bonds. The monoisotopic (exact) mass is 225 g/mol. The van der Waals surface area contributed by atoms with Crippen LogP contribution in [0.2, 0.25) is 0 Å². The van der Waals surface area contributed by atoms with Gasteiger partial charge in [-0.1, -0.05) is 0 Å². The molecular weight excluding hydrogens is 222 g/mol. The van der Waals surface area contributed by atoms with Gasteiger partial charge >= 0.3 is 0 Å². The number of nitrogens with zero attached hydrogens (tertiary/aromatic N) is 5. The predicted octanol–water partition coefficient (Wildman–Crippen LogP) is 0.820. The molecule has 2 aromatic heterocycles. The average Bonchev–Trinajstić information content (AvgIpc) is 2.58. The quantitative estimate of drug-likeness (QED) is 0.722. The maximum Gasteiger partial charge on any atom is 0.270 e. The van der Waals surface area contributed by atoms with E-state index in [1.807, 2.05) is 0 Å². The summed E-state index contributed by atoms with van der Waals surface area (Å²) in [5.74, 6) is 0.461. The number of halogens is 1. The van der Waals surface area contributed by atoms with Gasteiger partial charge < -0.3 is 0 Å². The molecule has 0 aliphatic carbocycles. The number of aromatic nitrogens is 5. The van der Waals surface area contributed by atoms with Gasteiger partial charge in [-0.3, -0.25) is 0 Å². The van der Waals surface area contributed by atoms with Gasteiger partial charge in [0.15, 0.2) is 0 Å². The first kappa shape index (κ1) is 7.35. The molecule has 0 bridgehead atoms. The Morgan fingerprint density at radius 2 is 2.25 bits per heavy atom. The van der Waals surface area contributed by atoms with E-state index in [0.29, 0.717) is 10.6 Å². The molecule has 0 aliphatic heterocycles. The smallest absolute Gasteiger partial charge is 0.215 e. The minimum Gasteiger partial charge on any atom is -0.215 e. The van der Waals surface area contributed by atoms with Crippen molar-refractivity contribution in [3.05, 3.63) is 29.3 Å². The van der Waals surface area contributed by atoms with Gasteiger partial charge in [-0.25, -0.2) is 9.67 Å². The molecule has 0 N–H and O–H groups in total. The molecular formula is C6H4BrN5. The standard InChI is InChI=1S/C6H4BrN5/c7-5-4-8-6(11-10-5)12-3-1-2-9-12/h1-4H. The van der Waals surface area contributed by atoms with Crippen LogP contribution in [0.25, 0.3) is 5.95 Å². The van der Waals surface area contributed by atoms with Gasteiger partial charge in [0.1, 0.15) is 4.60 Å². The Morgan fingerprint density at radius 3 is 2.83 bits per heavy atom. The molecule has 0 aromatic carbocycles. The topological polar surface area (TPSA) is 56.5 Å². The van der Waals surface area contributed by atoms with Gasteiger partial charge in [-0.2, -0.15) is 5.10 Å². The molecule has 0 saturated heterocycles. The summed E-state index contributed by atoms with van der Waals surface area (Å²) in [7, 11) is 0. The van der Waals surface area contributed by atoms with Crippen molar-refractivity contribution in [2.24, 2.45) is 0 Å². The highest BCUT2D eigenvalue weighted by molar-refractivity contribution is 9.10. The minimum atomic E-state index is 0.461. The molecule has 6 heteroatoms. The first-order valence-corrected chi connectivity index (χ1v) is 4.01. The van der Waals surface area contributed by atoms with Crippen LogP contribution in [-0.2, 0) is 0 Å². The van der Waals surface area contributed by atoms with Crippen molar-refractivity contribution in [3.63, 3.8) is 0 Å². The molecule has 0 spiro atoms. The van der Waals surface area contributed by atoms with Crippen LogP contribution in [0.1, 0.15) is 0 Å². The molecule has 0 unspecified atom stereocenters. The van der Waals surface area contributed by atoms with Crippen LogP contribution in [0.4, 0.5) is 0 Å². The zero-order valence-corrected chi connectivity index (χ0v) is 7.51. The fourth-order valence-electron chi connectivity index (χ4n) is 0.747. The summed E-state index contributed by atoms with van der Waals surface area (Å²) in [6, 6.07) is 1.80. The molecule has 2 rings (SSSR count). The van der Waals surface area contributed by atoms with E-state index in [2.05, 4.69) is 36.2 Å². The summed E-state index contributed by atoms with van der Waals surface area (Å²) >= 11 is 3.14. The van der Waals surface area contributed by atoms with Crippen LogP contribution >= 0.6 is 15.9 Å². The summed E-state index contributed by atoms with van der Waals surface area (Å²) in [6.45, 7) is 0.